The number of hydrogen-bond acceptors (Lipinski definition) is 3. The van der Waals surface area contributed by atoms with Gasteiger partial charge in [0.1, 0.15) is 0 Å². The molecule has 0 spiro atoms. The van der Waals surface area contributed by atoms with E-state index in [0.29, 0.717) is 11.8 Å². The largest absolute Gasteiger partial charge is 0.328 e. The van der Waals surface area contributed by atoms with Crippen LogP contribution in [-0.4, -0.2) is 55.1 Å². The van der Waals surface area contributed by atoms with Crippen LogP contribution >= 0.6 is 0 Å². The molecule has 0 aromatic heterocycles. The molecule has 2 unspecified atom stereocenters. The van der Waals surface area contributed by atoms with Crippen LogP contribution in [0.15, 0.2) is 0 Å². The fourth-order valence-electron chi connectivity index (χ4n) is 2.57. The van der Waals surface area contributed by atoms with Crippen molar-refractivity contribution in [1.82, 2.24) is 15.1 Å². The molecule has 15 heavy (non-hydrogen) atoms. The predicted molar refractivity (Wildman–Crippen MR) is 59.4 cm³/mol. The van der Waals surface area contributed by atoms with E-state index in [1.54, 1.807) is 0 Å². The van der Waals surface area contributed by atoms with Crippen LogP contribution in [0.3, 0.4) is 0 Å². The number of carbonyl (C=O) groups excluding carboxylic acids is 1. The van der Waals surface area contributed by atoms with Gasteiger partial charge in [-0.15, -0.1) is 0 Å². The third-order valence-corrected chi connectivity index (χ3v) is 3.51. The summed E-state index contributed by atoms with van der Waals surface area (Å²) in [4.78, 5) is 16.2. The number of nitrogens with zero attached hydrogens (tertiary/aromatic N) is 2. The lowest BCUT2D eigenvalue weighted by Crippen LogP contribution is -2.34. The number of hydrogen-bond donors (Lipinski definition) is 1. The lowest BCUT2D eigenvalue weighted by Gasteiger charge is -2.19. The number of likely N-dealkylation sites (tertiary alicyclic amines) is 1. The number of rotatable bonds is 3. The summed E-state index contributed by atoms with van der Waals surface area (Å²) in [7, 11) is 2.15. The van der Waals surface area contributed by atoms with Crippen LogP contribution in [0, 0.1) is 5.92 Å². The Kier molecular flexibility index (Phi) is 3.26. The first-order chi connectivity index (χ1) is 7.20. The van der Waals surface area contributed by atoms with Crippen molar-refractivity contribution >= 4 is 5.91 Å². The zero-order valence-electron chi connectivity index (χ0n) is 9.70. The maximum Gasteiger partial charge on any atom is 0.240 e. The van der Waals surface area contributed by atoms with E-state index in [2.05, 4.69) is 24.2 Å². The summed E-state index contributed by atoms with van der Waals surface area (Å²) in [5.74, 6) is 0.975. The van der Waals surface area contributed by atoms with Gasteiger partial charge in [-0.25, -0.2) is 0 Å². The van der Waals surface area contributed by atoms with Gasteiger partial charge in [0.25, 0.3) is 0 Å². The third-order valence-electron chi connectivity index (χ3n) is 3.51. The van der Waals surface area contributed by atoms with Gasteiger partial charge in [-0.05, 0) is 32.4 Å². The van der Waals surface area contributed by atoms with Gasteiger partial charge in [0.15, 0.2) is 0 Å². The minimum atomic E-state index is 0.0733. The summed E-state index contributed by atoms with van der Waals surface area (Å²) in [6.45, 7) is 6.06. The van der Waals surface area contributed by atoms with Crippen molar-refractivity contribution in [3.63, 3.8) is 0 Å². The number of nitrogens with one attached hydrogen (secondary N) is 1. The van der Waals surface area contributed by atoms with Gasteiger partial charge in [-0.3, -0.25) is 10.1 Å². The maximum absolute atomic E-state index is 11.9. The fraction of sp³-hybridized carbons (Fsp3) is 0.909. The zero-order chi connectivity index (χ0) is 10.8. The van der Waals surface area contributed by atoms with Crippen LogP contribution < -0.4 is 5.32 Å². The van der Waals surface area contributed by atoms with Crippen LogP contribution in [0.25, 0.3) is 0 Å². The van der Waals surface area contributed by atoms with Gasteiger partial charge in [0.2, 0.25) is 5.91 Å². The van der Waals surface area contributed by atoms with Gasteiger partial charge >= 0.3 is 0 Å². The first-order valence-corrected chi connectivity index (χ1v) is 5.91. The SMILES string of the molecule is CCC1NCN(CC2CCN(C)C2)C1=O. The van der Waals surface area contributed by atoms with Crippen LogP contribution in [0.2, 0.25) is 0 Å². The van der Waals surface area contributed by atoms with Crippen molar-refractivity contribution < 1.29 is 4.79 Å². The van der Waals surface area contributed by atoms with Crippen LogP contribution in [0.4, 0.5) is 0 Å². The predicted octanol–water partition coefficient (Wildman–Crippen LogP) is 0.106. The lowest BCUT2D eigenvalue weighted by atomic mass is 10.1. The quantitative estimate of drug-likeness (QED) is 0.719. The van der Waals surface area contributed by atoms with Crippen molar-refractivity contribution in [2.24, 2.45) is 5.92 Å². The van der Waals surface area contributed by atoms with E-state index in [4.69, 9.17) is 0 Å². The molecule has 4 nitrogen and oxygen atoms in total. The van der Waals surface area contributed by atoms with Crippen LogP contribution in [-0.2, 0) is 4.79 Å². The Morgan fingerprint density at radius 3 is 2.87 bits per heavy atom. The van der Waals surface area contributed by atoms with Crippen LogP contribution in [0.1, 0.15) is 19.8 Å². The molecule has 2 rings (SSSR count). The number of amides is 1. The molecule has 0 radical (unpaired) electrons. The summed E-state index contributed by atoms with van der Waals surface area (Å²) < 4.78 is 0. The van der Waals surface area contributed by atoms with E-state index < -0.39 is 0 Å². The Hall–Kier alpha value is -0.610. The van der Waals surface area contributed by atoms with Crippen molar-refractivity contribution in [3.8, 4) is 0 Å². The van der Waals surface area contributed by atoms with Gasteiger partial charge < -0.3 is 9.80 Å². The zero-order valence-corrected chi connectivity index (χ0v) is 9.70. The average Bonchev–Trinajstić information content (AvgIpc) is 2.76. The van der Waals surface area contributed by atoms with E-state index in [1.807, 2.05) is 4.90 Å². The third kappa shape index (κ3) is 2.32. The van der Waals surface area contributed by atoms with Crippen molar-refractivity contribution in [1.29, 1.82) is 0 Å². The molecular weight excluding hydrogens is 190 g/mol. The Balaban J connectivity index is 1.83. The molecular formula is C11H21N3O. The Morgan fingerprint density at radius 2 is 2.33 bits per heavy atom. The van der Waals surface area contributed by atoms with E-state index in [9.17, 15) is 4.79 Å². The maximum atomic E-state index is 11.9. The van der Waals surface area contributed by atoms with E-state index >= 15 is 0 Å². The minimum Gasteiger partial charge on any atom is -0.328 e. The molecule has 2 heterocycles. The summed E-state index contributed by atoms with van der Waals surface area (Å²) in [5.41, 5.74) is 0. The molecule has 0 bridgehead atoms. The van der Waals surface area contributed by atoms with E-state index in [1.165, 1.54) is 13.0 Å². The molecule has 4 heteroatoms. The second kappa shape index (κ2) is 4.49. The average molecular weight is 211 g/mol. The Bertz CT molecular complexity index is 244. The van der Waals surface area contributed by atoms with E-state index in [-0.39, 0.29) is 6.04 Å². The van der Waals surface area contributed by atoms with E-state index in [0.717, 1.165) is 26.2 Å². The highest BCUT2D eigenvalue weighted by atomic mass is 16.2. The summed E-state index contributed by atoms with van der Waals surface area (Å²) >= 11 is 0. The highest BCUT2D eigenvalue weighted by Crippen LogP contribution is 2.17. The van der Waals surface area contributed by atoms with Crippen molar-refractivity contribution in [3.05, 3.63) is 0 Å². The van der Waals surface area contributed by atoms with Gasteiger partial charge in [0.05, 0.1) is 12.7 Å². The smallest absolute Gasteiger partial charge is 0.240 e. The molecule has 1 N–H and O–H groups in total. The second-order valence-electron chi connectivity index (χ2n) is 4.80. The first kappa shape index (κ1) is 10.9. The minimum absolute atomic E-state index is 0.0733. The molecule has 0 aromatic rings. The number of carbonyl (C=O) groups is 1. The van der Waals surface area contributed by atoms with Crippen LogP contribution in [0.5, 0.6) is 0 Å². The fourth-order valence-corrected chi connectivity index (χ4v) is 2.57. The summed E-state index contributed by atoms with van der Waals surface area (Å²) in [6, 6.07) is 0.0733. The molecule has 2 fully saturated rings. The molecule has 0 aliphatic carbocycles. The Labute approximate surface area is 91.6 Å². The highest BCUT2D eigenvalue weighted by Gasteiger charge is 2.32. The second-order valence-corrected chi connectivity index (χ2v) is 4.80. The summed E-state index contributed by atoms with van der Waals surface area (Å²) in [5, 5.41) is 3.25. The Morgan fingerprint density at radius 1 is 1.53 bits per heavy atom. The molecule has 2 aliphatic rings. The highest BCUT2D eigenvalue weighted by molar-refractivity contribution is 5.83. The standard InChI is InChI=1S/C11H21N3O/c1-3-10-11(15)14(8-12-10)7-9-4-5-13(2)6-9/h9-10,12H,3-8H2,1-2H3. The molecule has 0 saturated carbocycles. The first-order valence-electron chi connectivity index (χ1n) is 5.91. The van der Waals surface area contributed by atoms with Crippen molar-refractivity contribution in [2.45, 2.75) is 25.8 Å². The lowest BCUT2D eigenvalue weighted by molar-refractivity contribution is -0.129. The molecule has 1 amide bonds. The topological polar surface area (TPSA) is 35.6 Å². The summed E-state index contributed by atoms with van der Waals surface area (Å²) in [6.07, 6.45) is 2.14. The van der Waals surface area contributed by atoms with Gasteiger partial charge in [-0.2, -0.15) is 0 Å². The van der Waals surface area contributed by atoms with Crippen molar-refractivity contribution in [2.75, 3.05) is 33.4 Å². The molecule has 0 aromatic carbocycles. The molecule has 86 valence electrons. The molecule has 2 aliphatic heterocycles. The molecule has 2 atom stereocenters. The van der Waals surface area contributed by atoms with Gasteiger partial charge in [-0.1, -0.05) is 6.92 Å². The monoisotopic (exact) mass is 211 g/mol. The normalized spacial score (nSPS) is 32.9. The molecule has 2 saturated heterocycles. The van der Waals surface area contributed by atoms with Gasteiger partial charge in [0, 0.05) is 13.1 Å².